The second-order valence-electron chi connectivity index (χ2n) is 8.28. The number of fused-ring (bicyclic) bond motifs is 1. The van der Waals surface area contributed by atoms with E-state index in [9.17, 15) is 9.59 Å². The molecule has 0 spiro atoms. The van der Waals surface area contributed by atoms with E-state index in [1.54, 1.807) is 0 Å². The molecule has 2 rings (SSSR count). The lowest BCUT2D eigenvalue weighted by Crippen LogP contribution is -2.52. The first-order valence-corrected chi connectivity index (χ1v) is 10.7. The maximum atomic E-state index is 12.9. The molecule has 2 aliphatic rings. The molecule has 5 nitrogen and oxygen atoms in total. The Hall–Kier alpha value is -0.940. The molecule has 26 heavy (non-hydrogen) atoms. The van der Waals surface area contributed by atoms with Crippen LogP contribution < -0.4 is 0 Å². The van der Waals surface area contributed by atoms with E-state index in [0.29, 0.717) is 36.0 Å². The molecular weight excluding hydrogens is 326 g/mol. The SMILES string of the molecule is CCCN1C[C@@H](CC(=O)N(CC)CCN(C)CC)C[C@@H]2CC(=O)CC[C@H]21. The Morgan fingerprint density at radius 1 is 1.19 bits per heavy atom. The fourth-order valence-corrected chi connectivity index (χ4v) is 4.74. The zero-order chi connectivity index (χ0) is 19.1. The van der Waals surface area contributed by atoms with Crippen LogP contribution in [0.3, 0.4) is 0 Å². The van der Waals surface area contributed by atoms with E-state index in [-0.39, 0.29) is 0 Å². The second kappa shape index (κ2) is 10.4. The first-order valence-electron chi connectivity index (χ1n) is 10.7. The van der Waals surface area contributed by atoms with Gasteiger partial charge in [0.25, 0.3) is 0 Å². The Labute approximate surface area is 160 Å². The molecule has 1 saturated carbocycles. The summed E-state index contributed by atoms with van der Waals surface area (Å²) in [6.07, 6.45) is 5.33. The highest BCUT2D eigenvalue weighted by molar-refractivity contribution is 5.79. The Balaban J connectivity index is 1.94. The molecule has 3 atom stereocenters. The van der Waals surface area contributed by atoms with Gasteiger partial charge in [-0.2, -0.15) is 0 Å². The number of likely N-dealkylation sites (tertiary alicyclic amines) is 1. The number of carbonyl (C=O) groups excluding carboxylic acids is 2. The Morgan fingerprint density at radius 2 is 1.96 bits per heavy atom. The molecule has 0 bridgehead atoms. The van der Waals surface area contributed by atoms with E-state index in [2.05, 4.69) is 37.6 Å². The molecule has 0 radical (unpaired) electrons. The lowest BCUT2D eigenvalue weighted by atomic mass is 9.73. The van der Waals surface area contributed by atoms with Gasteiger partial charge in [0.1, 0.15) is 5.78 Å². The largest absolute Gasteiger partial charge is 0.342 e. The number of nitrogens with zero attached hydrogens (tertiary/aromatic N) is 3. The van der Waals surface area contributed by atoms with E-state index >= 15 is 0 Å². The lowest BCUT2D eigenvalue weighted by molar-refractivity contribution is -0.133. The minimum absolute atomic E-state index is 0.291. The van der Waals surface area contributed by atoms with Gasteiger partial charge in [0.2, 0.25) is 5.91 Å². The van der Waals surface area contributed by atoms with Crippen molar-refractivity contribution in [1.82, 2.24) is 14.7 Å². The standard InChI is InChI=1S/C21H39N3O2/c1-5-10-24-16-17(13-18-15-19(25)8-9-20(18)24)14-21(26)23(7-3)12-11-22(4)6-2/h17-18,20H,5-16H2,1-4H3/t17-,18-,20-/m1/s1. The van der Waals surface area contributed by atoms with Crippen molar-refractivity contribution in [3.8, 4) is 0 Å². The average molecular weight is 366 g/mol. The Morgan fingerprint density at radius 3 is 2.62 bits per heavy atom. The van der Waals surface area contributed by atoms with Gasteiger partial charge in [-0.1, -0.05) is 13.8 Å². The summed E-state index contributed by atoms with van der Waals surface area (Å²) in [6, 6.07) is 0.569. The second-order valence-corrected chi connectivity index (χ2v) is 8.28. The minimum Gasteiger partial charge on any atom is -0.342 e. The van der Waals surface area contributed by atoms with E-state index in [4.69, 9.17) is 0 Å². The molecule has 0 unspecified atom stereocenters. The third-order valence-electron chi connectivity index (χ3n) is 6.35. The van der Waals surface area contributed by atoms with Crippen LogP contribution in [0.4, 0.5) is 0 Å². The average Bonchev–Trinajstić information content (AvgIpc) is 2.61. The number of ketones is 1. The van der Waals surface area contributed by atoms with Gasteiger partial charge in [0, 0.05) is 51.5 Å². The molecule has 0 aromatic heterocycles. The predicted octanol–water partition coefficient (Wildman–Crippen LogP) is 2.65. The highest BCUT2D eigenvalue weighted by atomic mass is 16.2. The third kappa shape index (κ3) is 5.78. The normalized spacial score (nSPS) is 26.8. The van der Waals surface area contributed by atoms with Crippen LogP contribution in [0.2, 0.25) is 0 Å². The van der Waals surface area contributed by atoms with Crippen molar-refractivity contribution in [1.29, 1.82) is 0 Å². The van der Waals surface area contributed by atoms with E-state index < -0.39 is 0 Å². The maximum absolute atomic E-state index is 12.9. The van der Waals surface area contributed by atoms with Gasteiger partial charge in [-0.15, -0.1) is 0 Å². The molecule has 1 heterocycles. The molecule has 1 amide bonds. The van der Waals surface area contributed by atoms with Crippen molar-refractivity contribution in [2.75, 3.05) is 46.3 Å². The fourth-order valence-electron chi connectivity index (χ4n) is 4.74. The maximum Gasteiger partial charge on any atom is 0.222 e. The van der Waals surface area contributed by atoms with E-state index in [0.717, 1.165) is 71.4 Å². The highest BCUT2D eigenvalue weighted by Gasteiger charge is 2.39. The van der Waals surface area contributed by atoms with Crippen LogP contribution in [-0.4, -0.2) is 78.7 Å². The van der Waals surface area contributed by atoms with Gasteiger partial charge in [0.15, 0.2) is 0 Å². The first-order chi connectivity index (χ1) is 12.5. The van der Waals surface area contributed by atoms with Gasteiger partial charge in [-0.05, 0) is 58.2 Å². The summed E-state index contributed by atoms with van der Waals surface area (Å²) in [7, 11) is 2.10. The molecule has 1 aliphatic heterocycles. The molecular formula is C21H39N3O2. The quantitative estimate of drug-likeness (QED) is 0.630. The number of rotatable bonds is 9. The van der Waals surface area contributed by atoms with Crippen molar-refractivity contribution >= 4 is 11.7 Å². The molecule has 5 heteroatoms. The number of piperidine rings is 1. The van der Waals surface area contributed by atoms with Crippen LogP contribution >= 0.6 is 0 Å². The molecule has 1 aliphatic carbocycles. The molecule has 1 saturated heterocycles. The first kappa shape index (κ1) is 21.4. The smallest absolute Gasteiger partial charge is 0.222 e. The van der Waals surface area contributed by atoms with Gasteiger partial charge < -0.3 is 9.80 Å². The van der Waals surface area contributed by atoms with Crippen LogP contribution in [0.25, 0.3) is 0 Å². The number of Topliss-reactive ketones (excluding diaryl/α,β-unsaturated/α-hetero) is 1. The van der Waals surface area contributed by atoms with Gasteiger partial charge >= 0.3 is 0 Å². The van der Waals surface area contributed by atoms with Crippen molar-refractivity contribution in [2.24, 2.45) is 11.8 Å². The lowest BCUT2D eigenvalue weighted by Gasteiger charge is -2.47. The van der Waals surface area contributed by atoms with Gasteiger partial charge in [0.05, 0.1) is 0 Å². The zero-order valence-corrected chi connectivity index (χ0v) is 17.4. The fraction of sp³-hybridized carbons (Fsp3) is 0.905. The van der Waals surface area contributed by atoms with Crippen molar-refractivity contribution in [3.05, 3.63) is 0 Å². The van der Waals surface area contributed by atoms with Crippen LogP contribution in [0.15, 0.2) is 0 Å². The highest BCUT2D eigenvalue weighted by Crippen LogP contribution is 2.37. The Bertz CT molecular complexity index is 468. The summed E-state index contributed by atoms with van der Waals surface area (Å²) in [4.78, 5) is 31.6. The minimum atomic E-state index is 0.291. The summed E-state index contributed by atoms with van der Waals surface area (Å²) in [5.74, 6) is 1.58. The number of likely N-dealkylation sites (N-methyl/N-ethyl adjacent to an activating group) is 2. The number of carbonyl (C=O) groups is 2. The topological polar surface area (TPSA) is 43.9 Å². The van der Waals surface area contributed by atoms with Gasteiger partial charge in [-0.3, -0.25) is 14.5 Å². The zero-order valence-electron chi connectivity index (χ0n) is 17.4. The molecule has 2 fully saturated rings. The predicted molar refractivity (Wildman–Crippen MR) is 106 cm³/mol. The summed E-state index contributed by atoms with van der Waals surface area (Å²) in [5.41, 5.74) is 0. The summed E-state index contributed by atoms with van der Waals surface area (Å²) in [6.45, 7) is 12.1. The van der Waals surface area contributed by atoms with Crippen molar-refractivity contribution in [3.63, 3.8) is 0 Å². The third-order valence-corrected chi connectivity index (χ3v) is 6.35. The van der Waals surface area contributed by atoms with Crippen molar-refractivity contribution in [2.45, 2.75) is 65.3 Å². The van der Waals surface area contributed by atoms with E-state index in [1.165, 1.54) is 0 Å². The van der Waals surface area contributed by atoms with Crippen LogP contribution in [-0.2, 0) is 9.59 Å². The number of hydrogen-bond donors (Lipinski definition) is 0. The summed E-state index contributed by atoms with van der Waals surface area (Å²) in [5, 5.41) is 0. The van der Waals surface area contributed by atoms with Crippen LogP contribution in [0, 0.1) is 11.8 Å². The molecule has 0 N–H and O–H groups in total. The van der Waals surface area contributed by atoms with E-state index in [1.807, 2.05) is 4.90 Å². The number of hydrogen-bond acceptors (Lipinski definition) is 4. The molecule has 0 aromatic rings. The molecule has 150 valence electrons. The van der Waals surface area contributed by atoms with Crippen LogP contribution in [0.1, 0.15) is 59.3 Å². The number of amides is 1. The molecule has 0 aromatic carbocycles. The van der Waals surface area contributed by atoms with Crippen molar-refractivity contribution < 1.29 is 9.59 Å². The Kier molecular flexibility index (Phi) is 8.55. The summed E-state index contributed by atoms with van der Waals surface area (Å²) < 4.78 is 0. The monoisotopic (exact) mass is 365 g/mol. The summed E-state index contributed by atoms with van der Waals surface area (Å²) >= 11 is 0. The van der Waals surface area contributed by atoms with Gasteiger partial charge in [-0.25, -0.2) is 0 Å². The van der Waals surface area contributed by atoms with Crippen LogP contribution in [0.5, 0.6) is 0 Å².